The highest BCUT2D eigenvalue weighted by Crippen LogP contribution is 2.14. The maximum absolute atomic E-state index is 11.1. The lowest BCUT2D eigenvalue weighted by Crippen LogP contribution is -2.19. The molecule has 0 aromatic heterocycles. The lowest BCUT2D eigenvalue weighted by Gasteiger charge is -2.10. The highest BCUT2D eigenvalue weighted by molar-refractivity contribution is 14.1. The number of ether oxygens (including phenoxy) is 2. The van der Waals surface area contributed by atoms with E-state index in [0.717, 1.165) is 9.32 Å². The molecule has 4 heteroatoms. The summed E-state index contributed by atoms with van der Waals surface area (Å²) in [5.41, 5.74) is 0. The Morgan fingerprint density at radius 1 is 1.40 bits per heavy atom. The van der Waals surface area contributed by atoms with Gasteiger partial charge in [0.15, 0.2) is 0 Å². The molecule has 0 saturated carbocycles. The lowest BCUT2D eigenvalue weighted by molar-refractivity contribution is -0.145. The molecule has 1 atom stereocenters. The highest BCUT2D eigenvalue weighted by atomic mass is 127. The predicted octanol–water partition coefficient (Wildman–Crippen LogP) is 2.48. The van der Waals surface area contributed by atoms with E-state index < -0.39 is 0 Å². The third-order valence-corrected chi connectivity index (χ3v) is 2.64. The molecule has 0 saturated heterocycles. The van der Waals surface area contributed by atoms with Crippen molar-refractivity contribution in [1.82, 2.24) is 0 Å². The van der Waals surface area contributed by atoms with Gasteiger partial charge in [-0.25, -0.2) is 0 Å². The minimum atomic E-state index is -0.250. The standard InChI is InChI=1S/C11H13IO3/c1-8(11(13)14-2)7-15-10-5-3-9(12)4-6-10/h3-6,8H,7H2,1-2H3. The van der Waals surface area contributed by atoms with Crippen LogP contribution in [0.2, 0.25) is 0 Å². The molecule has 0 aliphatic carbocycles. The van der Waals surface area contributed by atoms with Crippen molar-refractivity contribution in [2.75, 3.05) is 13.7 Å². The first-order valence-electron chi connectivity index (χ1n) is 4.59. The fourth-order valence-electron chi connectivity index (χ4n) is 1.02. The van der Waals surface area contributed by atoms with Crippen LogP contribution in [0.3, 0.4) is 0 Å². The van der Waals surface area contributed by atoms with Gasteiger partial charge < -0.3 is 9.47 Å². The zero-order valence-electron chi connectivity index (χ0n) is 8.70. The Morgan fingerprint density at radius 3 is 2.53 bits per heavy atom. The van der Waals surface area contributed by atoms with Crippen LogP contribution in [0.1, 0.15) is 6.92 Å². The van der Waals surface area contributed by atoms with Crippen molar-refractivity contribution in [3.8, 4) is 5.75 Å². The number of esters is 1. The van der Waals surface area contributed by atoms with Crippen molar-refractivity contribution in [1.29, 1.82) is 0 Å². The number of halogens is 1. The van der Waals surface area contributed by atoms with Gasteiger partial charge in [-0.3, -0.25) is 4.79 Å². The first-order chi connectivity index (χ1) is 7.13. The van der Waals surface area contributed by atoms with E-state index in [1.807, 2.05) is 24.3 Å². The molecule has 1 unspecified atom stereocenters. The summed E-state index contributed by atoms with van der Waals surface area (Å²) in [4.78, 5) is 11.1. The molecule has 3 nitrogen and oxygen atoms in total. The maximum atomic E-state index is 11.1. The van der Waals surface area contributed by atoms with Crippen molar-refractivity contribution in [3.05, 3.63) is 27.8 Å². The summed E-state index contributed by atoms with van der Waals surface area (Å²) in [5, 5.41) is 0. The van der Waals surface area contributed by atoms with Gasteiger partial charge in [-0.15, -0.1) is 0 Å². The molecule has 0 fully saturated rings. The summed E-state index contributed by atoms with van der Waals surface area (Å²) >= 11 is 2.23. The van der Waals surface area contributed by atoms with Crippen LogP contribution in [-0.2, 0) is 9.53 Å². The minimum absolute atomic E-state index is 0.241. The number of benzene rings is 1. The van der Waals surface area contributed by atoms with Gasteiger partial charge in [-0.1, -0.05) is 0 Å². The van der Waals surface area contributed by atoms with Gasteiger partial charge >= 0.3 is 5.97 Å². The second-order valence-corrected chi connectivity index (χ2v) is 4.43. The van der Waals surface area contributed by atoms with Gasteiger partial charge in [0.1, 0.15) is 12.4 Å². The number of hydrogen-bond donors (Lipinski definition) is 0. The molecule has 0 N–H and O–H groups in total. The number of carbonyl (C=O) groups is 1. The molecule has 0 aliphatic heterocycles. The quantitative estimate of drug-likeness (QED) is 0.632. The van der Waals surface area contributed by atoms with E-state index in [0.29, 0.717) is 6.61 Å². The van der Waals surface area contributed by atoms with E-state index >= 15 is 0 Å². The Hall–Kier alpha value is -0.780. The Bertz CT molecular complexity index is 321. The summed E-state index contributed by atoms with van der Waals surface area (Å²) in [6, 6.07) is 7.68. The zero-order valence-corrected chi connectivity index (χ0v) is 10.9. The highest BCUT2D eigenvalue weighted by Gasteiger charge is 2.13. The second kappa shape index (κ2) is 5.95. The molecule has 15 heavy (non-hydrogen) atoms. The van der Waals surface area contributed by atoms with Crippen molar-refractivity contribution >= 4 is 28.6 Å². The Kier molecular flexibility index (Phi) is 4.87. The first kappa shape index (κ1) is 12.3. The molecule has 1 aromatic carbocycles. The summed E-state index contributed by atoms with van der Waals surface area (Å²) in [6.07, 6.45) is 0. The fraction of sp³-hybridized carbons (Fsp3) is 0.364. The van der Waals surface area contributed by atoms with E-state index in [9.17, 15) is 4.79 Å². The number of carbonyl (C=O) groups excluding carboxylic acids is 1. The van der Waals surface area contributed by atoms with Crippen LogP contribution in [0, 0.1) is 9.49 Å². The van der Waals surface area contributed by atoms with Crippen molar-refractivity contribution < 1.29 is 14.3 Å². The molecule has 0 aliphatic rings. The zero-order chi connectivity index (χ0) is 11.3. The average molecular weight is 320 g/mol. The predicted molar refractivity (Wildman–Crippen MR) is 65.8 cm³/mol. The van der Waals surface area contributed by atoms with Crippen LogP contribution >= 0.6 is 22.6 Å². The molecular weight excluding hydrogens is 307 g/mol. The van der Waals surface area contributed by atoms with Gasteiger partial charge in [0, 0.05) is 3.57 Å². The number of rotatable bonds is 4. The lowest BCUT2D eigenvalue weighted by atomic mass is 10.2. The fourth-order valence-corrected chi connectivity index (χ4v) is 1.38. The molecule has 0 spiro atoms. The Labute approximate surface area is 103 Å². The molecule has 82 valence electrons. The van der Waals surface area contributed by atoms with Crippen LogP contribution in [0.4, 0.5) is 0 Å². The maximum Gasteiger partial charge on any atom is 0.311 e. The van der Waals surface area contributed by atoms with Crippen LogP contribution < -0.4 is 4.74 Å². The summed E-state index contributed by atoms with van der Waals surface area (Å²) in [6.45, 7) is 2.12. The molecule has 0 radical (unpaired) electrons. The van der Waals surface area contributed by atoms with Crippen LogP contribution in [-0.4, -0.2) is 19.7 Å². The van der Waals surface area contributed by atoms with Gasteiger partial charge in [-0.2, -0.15) is 0 Å². The molecule has 0 bridgehead atoms. The van der Waals surface area contributed by atoms with E-state index in [1.165, 1.54) is 7.11 Å². The third-order valence-electron chi connectivity index (χ3n) is 1.92. The second-order valence-electron chi connectivity index (χ2n) is 3.19. The topological polar surface area (TPSA) is 35.5 Å². The van der Waals surface area contributed by atoms with E-state index in [1.54, 1.807) is 6.92 Å². The minimum Gasteiger partial charge on any atom is -0.493 e. The van der Waals surface area contributed by atoms with E-state index in [2.05, 4.69) is 27.3 Å². The van der Waals surface area contributed by atoms with Gasteiger partial charge in [0.25, 0.3) is 0 Å². The third kappa shape index (κ3) is 4.07. The number of methoxy groups -OCH3 is 1. The van der Waals surface area contributed by atoms with Crippen LogP contribution in [0.25, 0.3) is 0 Å². The molecule has 1 rings (SSSR count). The largest absolute Gasteiger partial charge is 0.493 e. The van der Waals surface area contributed by atoms with Crippen LogP contribution in [0.5, 0.6) is 5.75 Å². The summed E-state index contributed by atoms with van der Waals surface area (Å²) in [7, 11) is 1.38. The van der Waals surface area contributed by atoms with E-state index in [4.69, 9.17) is 4.74 Å². The van der Waals surface area contributed by atoms with E-state index in [-0.39, 0.29) is 11.9 Å². The Balaban J connectivity index is 2.43. The van der Waals surface area contributed by atoms with Gasteiger partial charge in [-0.05, 0) is 53.8 Å². The van der Waals surface area contributed by atoms with Gasteiger partial charge in [0.2, 0.25) is 0 Å². The molecular formula is C11H13IO3. The van der Waals surface area contributed by atoms with Crippen molar-refractivity contribution in [2.45, 2.75) is 6.92 Å². The SMILES string of the molecule is COC(=O)C(C)COc1ccc(I)cc1. The smallest absolute Gasteiger partial charge is 0.311 e. The van der Waals surface area contributed by atoms with Crippen molar-refractivity contribution in [3.63, 3.8) is 0 Å². The molecule has 0 heterocycles. The van der Waals surface area contributed by atoms with Crippen molar-refractivity contribution in [2.24, 2.45) is 5.92 Å². The average Bonchev–Trinajstić information content (AvgIpc) is 2.26. The normalized spacial score (nSPS) is 11.9. The van der Waals surface area contributed by atoms with Crippen LogP contribution in [0.15, 0.2) is 24.3 Å². The monoisotopic (exact) mass is 320 g/mol. The molecule has 1 aromatic rings. The summed E-state index contributed by atoms with van der Waals surface area (Å²) < 4.78 is 11.2. The Morgan fingerprint density at radius 2 is 2.00 bits per heavy atom. The van der Waals surface area contributed by atoms with Gasteiger partial charge in [0.05, 0.1) is 13.0 Å². The first-order valence-corrected chi connectivity index (χ1v) is 5.67. The number of hydrogen-bond acceptors (Lipinski definition) is 3. The molecule has 0 amide bonds. The summed E-state index contributed by atoms with van der Waals surface area (Å²) in [5.74, 6) is 0.279.